The van der Waals surface area contributed by atoms with Crippen LogP contribution in [0.3, 0.4) is 0 Å². The van der Waals surface area contributed by atoms with Crippen LogP contribution in [0.1, 0.15) is 10.4 Å². The second-order valence-electron chi connectivity index (χ2n) is 5.34. The molecule has 8 heteroatoms. The number of benzene rings is 2. The molecule has 1 amide bonds. The Kier molecular flexibility index (Phi) is 5.43. The molecule has 0 unspecified atom stereocenters. The predicted molar refractivity (Wildman–Crippen MR) is 101 cm³/mol. The zero-order valence-electron chi connectivity index (χ0n) is 14.3. The standard InChI is InChI=1S/C18H18N2O5S/c1-22-13-5-3-11(9-15(13)23-2)17(21)20-18(26)19-12-4-6-14-16(10-12)25-8-7-24-14/h3-6,9-10H,7-8H2,1-2H3,(H2,19,20,21,26). The zero-order chi connectivity index (χ0) is 18.5. The van der Waals surface area contributed by atoms with Crippen molar-refractivity contribution in [3.05, 3.63) is 42.0 Å². The van der Waals surface area contributed by atoms with Crippen LogP contribution in [0.4, 0.5) is 5.69 Å². The van der Waals surface area contributed by atoms with Crippen LogP contribution in [0.5, 0.6) is 23.0 Å². The van der Waals surface area contributed by atoms with Gasteiger partial charge in [0.15, 0.2) is 28.1 Å². The highest BCUT2D eigenvalue weighted by Crippen LogP contribution is 2.32. The Morgan fingerprint density at radius 1 is 1.00 bits per heavy atom. The maximum absolute atomic E-state index is 12.4. The molecule has 1 aliphatic rings. The fourth-order valence-corrected chi connectivity index (χ4v) is 2.65. The molecule has 0 saturated heterocycles. The summed E-state index contributed by atoms with van der Waals surface area (Å²) in [6.07, 6.45) is 0. The first-order valence-electron chi connectivity index (χ1n) is 7.84. The molecular weight excluding hydrogens is 356 g/mol. The molecule has 0 radical (unpaired) electrons. The number of hydrogen-bond donors (Lipinski definition) is 2. The molecule has 0 atom stereocenters. The highest BCUT2D eigenvalue weighted by molar-refractivity contribution is 7.80. The first-order chi connectivity index (χ1) is 12.6. The number of thiocarbonyl (C=S) groups is 1. The van der Waals surface area contributed by atoms with Gasteiger partial charge in [-0.1, -0.05) is 0 Å². The van der Waals surface area contributed by atoms with Crippen LogP contribution in [-0.4, -0.2) is 38.5 Å². The Morgan fingerprint density at radius 2 is 1.73 bits per heavy atom. The van der Waals surface area contributed by atoms with Gasteiger partial charge in [0.05, 0.1) is 14.2 Å². The third kappa shape index (κ3) is 3.97. The number of anilines is 1. The van der Waals surface area contributed by atoms with Crippen LogP contribution in [0.15, 0.2) is 36.4 Å². The molecule has 26 heavy (non-hydrogen) atoms. The lowest BCUT2D eigenvalue weighted by Crippen LogP contribution is -2.34. The Labute approximate surface area is 156 Å². The topological polar surface area (TPSA) is 78.1 Å². The molecule has 0 aromatic heterocycles. The Hall–Kier alpha value is -3.00. The summed E-state index contributed by atoms with van der Waals surface area (Å²) in [5.41, 5.74) is 1.08. The molecule has 2 aromatic carbocycles. The highest BCUT2D eigenvalue weighted by atomic mass is 32.1. The molecule has 3 rings (SSSR count). The molecule has 0 fully saturated rings. The molecule has 1 aliphatic heterocycles. The number of carbonyl (C=O) groups is 1. The number of hydrogen-bond acceptors (Lipinski definition) is 6. The summed E-state index contributed by atoms with van der Waals surface area (Å²) in [4.78, 5) is 12.4. The Bertz CT molecular complexity index is 840. The quantitative estimate of drug-likeness (QED) is 0.797. The van der Waals surface area contributed by atoms with Crippen molar-refractivity contribution in [3.63, 3.8) is 0 Å². The van der Waals surface area contributed by atoms with Gasteiger partial charge >= 0.3 is 0 Å². The van der Waals surface area contributed by atoms with E-state index in [9.17, 15) is 4.79 Å². The lowest BCUT2D eigenvalue weighted by atomic mass is 10.2. The molecule has 1 heterocycles. The van der Waals surface area contributed by atoms with E-state index in [0.717, 1.165) is 0 Å². The zero-order valence-corrected chi connectivity index (χ0v) is 15.1. The summed E-state index contributed by atoms with van der Waals surface area (Å²) in [5, 5.41) is 5.75. The third-order valence-electron chi connectivity index (χ3n) is 3.67. The smallest absolute Gasteiger partial charge is 0.257 e. The van der Waals surface area contributed by atoms with Crippen LogP contribution >= 0.6 is 12.2 Å². The van der Waals surface area contributed by atoms with Gasteiger partial charge in [0.1, 0.15) is 13.2 Å². The minimum Gasteiger partial charge on any atom is -0.493 e. The summed E-state index contributed by atoms with van der Waals surface area (Å²) < 4.78 is 21.4. The van der Waals surface area contributed by atoms with Crippen molar-refractivity contribution in [2.75, 3.05) is 32.8 Å². The third-order valence-corrected chi connectivity index (χ3v) is 3.88. The first-order valence-corrected chi connectivity index (χ1v) is 8.25. The highest BCUT2D eigenvalue weighted by Gasteiger charge is 2.14. The van der Waals surface area contributed by atoms with Gasteiger partial charge in [-0.15, -0.1) is 0 Å². The van der Waals surface area contributed by atoms with Crippen LogP contribution < -0.4 is 29.6 Å². The van der Waals surface area contributed by atoms with Crippen molar-refractivity contribution < 1.29 is 23.7 Å². The Balaban J connectivity index is 1.65. The molecular formula is C18H18N2O5S. The molecule has 0 bridgehead atoms. The number of fused-ring (bicyclic) bond motifs is 1. The lowest BCUT2D eigenvalue weighted by Gasteiger charge is -2.19. The second kappa shape index (κ2) is 7.92. The van der Waals surface area contributed by atoms with Gasteiger partial charge in [-0.3, -0.25) is 10.1 Å². The van der Waals surface area contributed by atoms with E-state index in [1.54, 1.807) is 36.4 Å². The maximum atomic E-state index is 12.4. The lowest BCUT2D eigenvalue weighted by molar-refractivity contribution is 0.0977. The average Bonchev–Trinajstić information content (AvgIpc) is 2.67. The fraction of sp³-hybridized carbons (Fsp3) is 0.222. The number of rotatable bonds is 4. The fourth-order valence-electron chi connectivity index (χ4n) is 2.44. The number of amides is 1. The average molecular weight is 374 g/mol. The van der Waals surface area contributed by atoms with Crippen molar-refractivity contribution >= 4 is 28.9 Å². The Morgan fingerprint density at radius 3 is 2.46 bits per heavy atom. The van der Waals surface area contributed by atoms with E-state index in [4.69, 9.17) is 31.2 Å². The maximum Gasteiger partial charge on any atom is 0.257 e. The van der Waals surface area contributed by atoms with E-state index in [1.165, 1.54) is 14.2 Å². The molecule has 7 nitrogen and oxygen atoms in total. The number of methoxy groups -OCH3 is 2. The van der Waals surface area contributed by atoms with E-state index in [-0.39, 0.29) is 11.0 Å². The van der Waals surface area contributed by atoms with Gasteiger partial charge in [-0.25, -0.2) is 0 Å². The molecule has 136 valence electrons. The normalized spacial score (nSPS) is 12.1. The van der Waals surface area contributed by atoms with E-state index in [0.29, 0.717) is 47.5 Å². The monoisotopic (exact) mass is 374 g/mol. The minimum absolute atomic E-state index is 0.168. The van der Waals surface area contributed by atoms with Crippen molar-refractivity contribution in [2.45, 2.75) is 0 Å². The van der Waals surface area contributed by atoms with E-state index in [1.807, 2.05) is 0 Å². The van der Waals surface area contributed by atoms with Crippen LogP contribution in [-0.2, 0) is 0 Å². The van der Waals surface area contributed by atoms with Crippen molar-refractivity contribution in [3.8, 4) is 23.0 Å². The summed E-state index contributed by atoms with van der Waals surface area (Å²) in [6.45, 7) is 1.02. The molecule has 0 saturated carbocycles. The van der Waals surface area contributed by atoms with Crippen molar-refractivity contribution in [1.82, 2.24) is 5.32 Å². The van der Waals surface area contributed by atoms with Crippen LogP contribution in [0, 0.1) is 0 Å². The van der Waals surface area contributed by atoms with Gasteiger partial charge < -0.3 is 24.3 Å². The van der Waals surface area contributed by atoms with Crippen LogP contribution in [0.25, 0.3) is 0 Å². The first kappa shape index (κ1) is 17.8. The summed E-state index contributed by atoms with van der Waals surface area (Å²) >= 11 is 5.21. The summed E-state index contributed by atoms with van der Waals surface area (Å²) in [6, 6.07) is 10.2. The molecule has 0 aliphatic carbocycles. The van der Waals surface area contributed by atoms with E-state index >= 15 is 0 Å². The summed E-state index contributed by atoms with van der Waals surface area (Å²) in [5.74, 6) is 1.96. The predicted octanol–water partition coefficient (Wildman–Crippen LogP) is 2.60. The second-order valence-corrected chi connectivity index (χ2v) is 5.74. The number of ether oxygens (including phenoxy) is 4. The minimum atomic E-state index is -0.360. The molecule has 2 aromatic rings. The van der Waals surface area contributed by atoms with E-state index in [2.05, 4.69) is 10.6 Å². The molecule has 2 N–H and O–H groups in total. The SMILES string of the molecule is COc1ccc(C(=O)NC(=S)Nc2ccc3c(c2)OCCO3)cc1OC. The number of carbonyl (C=O) groups excluding carboxylic acids is 1. The van der Waals surface area contributed by atoms with E-state index < -0.39 is 0 Å². The van der Waals surface area contributed by atoms with Gasteiger partial charge in [-0.2, -0.15) is 0 Å². The van der Waals surface area contributed by atoms with Gasteiger partial charge in [0, 0.05) is 17.3 Å². The molecule has 0 spiro atoms. The van der Waals surface area contributed by atoms with Crippen molar-refractivity contribution in [1.29, 1.82) is 0 Å². The van der Waals surface area contributed by atoms with Crippen molar-refractivity contribution in [2.24, 2.45) is 0 Å². The largest absolute Gasteiger partial charge is 0.493 e. The number of nitrogens with one attached hydrogen (secondary N) is 2. The van der Waals surface area contributed by atoms with Gasteiger partial charge in [-0.05, 0) is 42.5 Å². The van der Waals surface area contributed by atoms with Crippen LogP contribution in [0.2, 0.25) is 0 Å². The summed E-state index contributed by atoms with van der Waals surface area (Å²) in [7, 11) is 3.04. The van der Waals surface area contributed by atoms with Gasteiger partial charge in [0.25, 0.3) is 5.91 Å². The van der Waals surface area contributed by atoms with Gasteiger partial charge in [0.2, 0.25) is 0 Å².